The number of hydrogen-bond acceptors (Lipinski definition) is 4. The van der Waals surface area contributed by atoms with Gasteiger partial charge in [0.2, 0.25) is 5.75 Å². The van der Waals surface area contributed by atoms with E-state index in [-0.39, 0.29) is 0 Å². The molecule has 0 aliphatic rings. The molecule has 1 aromatic heterocycles. The van der Waals surface area contributed by atoms with Gasteiger partial charge in [0.15, 0.2) is 11.5 Å². The zero-order valence-corrected chi connectivity index (χ0v) is 13.1. The third-order valence-electron chi connectivity index (χ3n) is 3.37. The van der Waals surface area contributed by atoms with Gasteiger partial charge in [-0.25, -0.2) is 0 Å². The van der Waals surface area contributed by atoms with Crippen LogP contribution >= 0.6 is 11.6 Å². The Hall–Kier alpha value is -1.68. The molecule has 0 bridgehead atoms. The van der Waals surface area contributed by atoms with E-state index in [0.29, 0.717) is 22.3 Å². The first-order valence-electron chi connectivity index (χ1n) is 6.36. The van der Waals surface area contributed by atoms with Gasteiger partial charge in [0.05, 0.1) is 37.3 Å². The number of rotatable bonds is 4. The maximum Gasteiger partial charge on any atom is 0.204 e. The highest BCUT2D eigenvalue weighted by atomic mass is 35.5. The summed E-state index contributed by atoms with van der Waals surface area (Å²) < 4.78 is 16.2. The van der Waals surface area contributed by atoms with Gasteiger partial charge < -0.3 is 14.2 Å². The minimum atomic E-state index is 0.525. The predicted molar refractivity (Wildman–Crippen MR) is 80.5 cm³/mol. The Balaban J connectivity index is 2.96. The van der Waals surface area contributed by atoms with Crippen molar-refractivity contribution >= 4 is 22.5 Å². The van der Waals surface area contributed by atoms with E-state index in [1.165, 1.54) is 0 Å². The van der Waals surface area contributed by atoms with Gasteiger partial charge in [-0.2, -0.15) is 0 Å². The SMILES string of the molecule is CCc1c(C)nc2cc(OC)c(OC)c(OC)c2c1Cl. The standard InChI is InChI=1S/C15H18ClNO3/c1-6-9-8(2)17-10-7-11(18-3)14(19-4)15(20-5)12(10)13(9)16/h7H,6H2,1-5H3. The summed E-state index contributed by atoms with van der Waals surface area (Å²) in [6, 6.07) is 1.81. The van der Waals surface area contributed by atoms with Gasteiger partial charge in [-0.15, -0.1) is 0 Å². The molecule has 0 saturated heterocycles. The van der Waals surface area contributed by atoms with Crippen LogP contribution in [0.25, 0.3) is 10.9 Å². The molecule has 0 spiro atoms. The van der Waals surface area contributed by atoms with Crippen molar-refractivity contribution in [3.63, 3.8) is 0 Å². The molecule has 5 heteroatoms. The molecular formula is C15H18ClNO3. The molecule has 108 valence electrons. The lowest BCUT2D eigenvalue weighted by Gasteiger charge is -2.17. The molecule has 0 saturated carbocycles. The average molecular weight is 296 g/mol. The Morgan fingerprint density at radius 1 is 1.10 bits per heavy atom. The van der Waals surface area contributed by atoms with Crippen LogP contribution in [-0.2, 0) is 6.42 Å². The zero-order chi connectivity index (χ0) is 14.9. The van der Waals surface area contributed by atoms with Crippen LogP contribution in [0.1, 0.15) is 18.2 Å². The minimum absolute atomic E-state index is 0.525. The lowest BCUT2D eigenvalue weighted by Crippen LogP contribution is -2.00. The van der Waals surface area contributed by atoms with Gasteiger partial charge in [0, 0.05) is 11.8 Å². The summed E-state index contributed by atoms with van der Waals surface area (Å²) in [5, 5.41) is 1.42. The van der Waals surface area contributed by atoms with E-state index in [1.54, 1.807) is 21.3 Å². The summed E-state index contributed by atoms with van der Waals surface area (Å²) in [4.78, 5) is 4.60. The van der Waals surface area contributed by atoms with E-state index in [1.807, 2.05) is 13.0 Å². The first-order chi connectivity index (χ1) is 9.58. The van der Waals surface area contributed by atoms with E-state index in [9.17, 15) is 0 Å². The molecule has 0 atom stereocenters. The maximum absolute atomic E-state index is 6.54. The van der Waals surface area contributed by atoms with Gasteiger partial charge in [-0.3, -0.25) is 4.98 Å². The fraction of sp³-hybridized carbons (Fsp3) is 0.400. The summed E-state index contributed by atoms with van der Waals surface area (Å²) in [5.41, 5.74) is 2.67. The van der Waals surface area contributed by atoms with Gasteiger partial charge >= 0.3 is 0 Å². The molecule has 0 amide bonds. The molecule has 0 fully saturated rings. The van der Waals surface area contributed by atoms with E-state index in [4.69, 9.17) is 25.8 Å². The van der Waals surface area contributed by atoms with Crippen LogP contribution in [0.5, 0.6) is 17.2 Å². The van der Waals surface area contributed by atoms with Crippen molar-refractivity contribution in [1.82, 2.24) is 4.98 Å². The molecule has 2 aromatic rings. The Kier molecular flexibility index (Phi) is 4.23. The number of benzene rings is 1. The van der Waals surface area contributed by atoms with Crippen molar-refractivity contribution < 1.29 is 14.2 Å². The molecule has 0 aliphatic heterocycles. The van der Waals surface area contributed by atoms with Crippen LogP contribution in [0, 0.1) is 6.92 Å². The summed E-state index contributed by atoms with van der Waals surface area (Å²) in [5.74, 6) is 1.65. The Morgan fingerprint density at radius 3 is 2.25 bits per heavy atom. The topological polar surface area (TPSA) is 40.6 Å². The summed E-state index contributed by atoms with van der Waals surface area (Å²) in [7, 11) is 4.74. The van der Waals surface area contributed by atoms with Gasteiger partial charge in [0.1, 0.15) is 0 Å². The third kappa shape index (κ3) is 2.14. The number of aryl methyl sites for hydroxylation is 1. The van der Waals surface area contributed by atoms with Crippen molar-refractivity contribution in [2.45, 2.75) is 20.3 Å². The van der Waals surface area contributed by atoms with Crippen molar-refractivity contribution in [2.75, 3.05) is 21.3 Å². The molecule has 1 aromatic carbocycles. The zero-order valence-electron chi connectivity index (χ0n) is 12.3. The Morgan fingerprint density at radius 2 is 1.75 bits per heavy atom. The minimum Gasteiger partial charge on any atom is -0.493 e. The second-order valence-electron chi connectivity index (χ2n) is 4.38. The summed E-state index contributed by atoms with van der Waals surface area (Å²) >= 11 is 6.54. The fourth-order valence-electron chi connectivity index (χ4n) is 2.41. The number of pyridine rings is 1. The summed E-state index contributed by atoms with van der Waals surface area (Å²) in [6.45, 7) is 4.00. The number of fused-ring (bicyclic) bond motifs is 1. The highest BCUT2D eigenvalue weighted by molar-refractivity contribution is 6.37. The third-order valence-corrected chi connectivity index (χ3v) is 3.79. The summed E-state index contributed by atoms with van der Waals surface area (Å²) in [6.07, 6.45) is 0.811. The van der Waals surface area contributed by atoms with Crippen LogP contribution in [0.2, 0.25) is 5.02 Å². The molecule has 0 radical (unpaired) electrons. The number of nitrogens with zero attached hydrogens (tertiary/aromatic N) is 1. The lowest BCUT2D eigenvalue weighted by molar-refractivity contribution is 0.327. The van der Waals surface area contributed by atoms with Crippen LogP contribution in [-0.4, -0.2) is 26.3 Å². The number of halogens is 1. The van der Waals surface area contributed by atoms with Crippen LogP contribution < -0.4 is 14.2 Å². The van der Waals surface area contributed by atoms with Crippen LogP contribution in [0.15, 0.2) is 6.07 Å². The first kappa shape index (κ1) is 14.7. The second-order valence-corrected chi connectivity index (χ2v) is 4.76. The number of methoxy groups -OCH3 is 3. The van der Waals surface area contributed by atoms with Crippen molar-refractivity contribution in [2.24, 2.45) is 0 Å². The van der Waals surface area contributed by atoms with E-state index in [0.717, 1.165) is 28.6 Å². The number of hydrogen-bond donors (Lipinski definition) is 0. The number of ether oxygens (including phenoxy) is 3. The van der Waals surface area contributed by atoms with E-state index in [2.05, 4.69) is 11.9 Å². The molecule has 4 nitrogen and oxygen atoms in total. The molecule has 2 rings (SSSR count). The van der Waals surface area contributed by atoms with E-state index >= 15 is 0 Å². The molecule has 0 aliphatic carbocycles. The Labute approximate surface area is 123 Å². The van der Waals surface area contributed by atoms with Gasteiger partial charge in [-0.05, 0) is 18.9 Å². The van der Waals surface area contributed by atoms with Gasteiger partial charge in [0.25, 0.3) is 0 Å². The molecule has 0 unspecified atom stereocenters. The highest BCUT2D eigenvalue weighted by Gasteiger charge is 2.21. The highest BCUT2D eigenvalue weighted by Crippen LogP contribution is 2.46. The fourth-order valence-corrected chi connectivity index (χ4v) is 2.87. The van der Waals surface area contributed by atoms with Crippen LogP contribution in [0.4, 0.5) is 0 Å². The smallest absolute Gasteiger partial charge is 0.204 e. The van der Waals surface area contributed by atoms with Crippen LogP contribution in [0.3, 0.4) is 0 Å². The van der Waals surface area contributed by atoms with Crippen molar-refractivity contribution in [3.05, 3.63) is 22.3 Å². The lowest BCUT2D eigenvalue weighted by atomic mass is 10.1. The molecular weight excluding hydrogens is 278 g/mol. The normalized spacial score (nSPS) is 10.7. The molecule has 1 heterocycles. The maximum atomic E-state index is 6.54. The first-order valence-corrected chi connectivity index (χ1v) is 6.74. The number of aromatic nitrogens is 1. The van der Waals surface area contributed by atoms with Crippen molar-refractivity contribution in [3.8, 4) is 17.2 Å². The average Bonchev–Trinajstić information content (AvgIpc) is 2.45. The molecule has 20 heavy (non-hydrogen) atoms. The quantitative estimate of drug-likeness (QED) is 0.860. The predicted octanol–water partition coefficient (Wildman–Crippen LogP) is 3.78. The largest absolute Gasteiger partial charge is 0.493 e. The van der Waals surface area contributed by atoms with Crippen molar-refractivity contribution in [1.29, 1.82) is 0 Å². The Bertz CT molecular complexity index is 656. The molecule has 0 N–H and O–H groups in total. The van der Waals surface area contributed by atoms with Gasteiger partial charge in [-0.1, -0.05) is 18.5 Å². The monoisotopic (exact) mass is 295 g/mol. The second kappa shape index (κ2) is 5.75. The van der Waals surface area contributed by atoms with E-state index < -0.39 is 0 Å².